The van der Waals surface area contributed by atoms with Crippen LogP contribution in [-0.2, 0) is 0 Å². The molecular formula is C60H34N2O2S. The molecule has 0 radical (unpaired) electrons. The third kappa shape index (κ3) is 4.85. The number of furan rings is 2. The van der Waals surface area contributed by atoms with Crippen LogP contribution in [0.25, 0.3) is 141 Å². The zero-order chi connectivity index (χ0) is 42.3. The van der Waals surface area contributed by atoms with Gasteiger partial charge in [-0.05, 0) is 83.9 Å². The van der Waals surface area contributed by atoms with Crippen LogP contribution in [0, 0.1) is 0 Å². The molecule has 10 aromatic carbocycles. The van der Waals surface area contributed by atoms with E-state index in [1.807, 2.05) is 23.5 Å². The normalized spacial score (nSPS) is 12.3. The molecule has 0 aliphatic heterocycles. The summed E-state index contributed by atoms with van der Waals surface area (Å²) in [4.78, 5) is 0. The Hall–Kier alpha value is -8.38. The Bertz CT molecular complexity index is 4180. The van der Waals surface area contributed by atoms with E-state index in [0.29, 0.717) is 0 Å². The number of rotatable bonds is 4. The highest BCUT2D eigenvalue weighted by atomic mass is 32.1. The van der Waals surface area contributed by atoms with Gasteiger partial charge in [0.05, 0.1) is 22.1 Å². The SMILES string of the molecule is c1ccc(-n2c3ccc(-c4cccc5c4oc4ccccc45)cc3c3c4sc5c(ccc6c5c5cc(-c7cccc8c7oc7ccccc78)ccc5n6-c5ccccc5)c4ccc32)cc1. The van der Waals surface area contributed by atoms with Crippen LogP contribution in [0.3, 0.4) is 0 Å². The Kier molecular flexibility index (Phi) is 7.07. The number of thiophene rings is 1. The third-order valence-electron chi connectivity index (χ3n) is 13.7. The summed E-state index contributed by atoms with van der Waals surface area (Å²) in [5.74, 6) is 0. The van der Waals surface area contributed by atoms with Crippen molar-refractivity contribution in [1.82, 2.24) is 9.13 Å². The minimum atomic E-state index is 0.905. The maximum atomic E-state index is 6.59. The van der Waals surface area contributed by atoms with Gasteiger partial charge in [0.15, 0.2) is 0 Å². The molecule has 302 valence electrons. The first-order valence-corrected chi connectivity index (χ1v) is 22.9. The fourth-order valence-electron chi connectivity index (χ4n) is 10.9. The van der Waals surface area contributed by atoms with Gasteiger partial charge in [0.25, 0.3) is 0 Å². The number of fused-ring (bicyclic) bond motifs is 17. The quantitative estimate of drug-likeness (QED) is 0.177. The van der Waals surface area contributed by atoms with Crippen molar-refractivity contribution in [2.75, 3.05) is 0 Å². The Morgan fingerprint density at radius 1 is 0.308 bits per heavy atom. The van der Waals surface area contributed by atoms with Gasteiger partial charge in [-0.1, -0.05) is 133 Å². The van der Waals surface area contributed by atoms with Gasteiger partial charge in [-0.2, -0.15) is 0 Å². The summed E-state index contributed by atoms with van der Waals surface area (Å²) in [6.07, 6.45) is 0. The summed E-state index contributed by atoms with van der Waals surface area (Å²) < 4.78 is 20.6. The van der Waals surface area contributed by atoms with Crippen LogP contribution >= 0.6 is 11.3 Å². The summed E-state index contributed by atoms with van der Waals surface area (Å²) in [5.41, 5.74) is 15.1. The average molecular weight is 847 g/mol. The van der Waals surface area contributed by atoms with Gasteiger partial charge < -0.3 is 18.0 Å². The molecular weight excluding hydrogens is 813 g/mol. The average Bonchev–Trinajstić information content (AvgIpc) is 4.18. The smallest absolute Gasteiger partial charge is 0.143 e. The third-order valence-corrected chi connectivity index (χ3v) is 15.0. The minimum absolute atomic E-state index is 0.905. The molecule has 0 atom stereocenters. The van der Waals surface area contributed by atoms with Crippen molar-refractivity contribution in [3.05, 3.63) is 206 Å². The van der Waals surface area contributed by atoms with E-state index in [0.717, 1.165) is 77.5 Å². The van der Waals surface area contributed by atoms with Gasteiger partial charge in [0.1, 0.15) is 22.3 Å². The van der Waals surface area contributed by atoms with E-state index in [1.165, 1.54) is 63.8 Å². The summed E-state index contributed by atoms with van der Waals surface area (Å²) in [6, 6.07) is 74.5. The fourth-order valence-corrected chi connectivity index (χ4v) is 12.3. The zero-order valence-electron chi connectivity index (χ0n) is 34.7. The van der Waals surface area contributed by atoms with Crippen molar-refractivity contribution in [2.45, 2.75) is 0 Å². The van der Waals surface area contributed by atoms with E-state index in [4.69, 9.17) is 8.83 Å². The van der Waals surface area contributed by atoms with Crippen LogP contribution < -0.4 is 0 Å². The van der Waals surface area contributed by atoms with Gasteiger partial charge in [-0.15, -0.1) is 11.3 Å². The minimum Gasteiger partial charge on any atom is -0.455 e. The molecule has 15 rings (SSSR count). The molecule has 5 heteroatoms. The molecule has 65 heavy (non-hydrogen) atoms. The number of aromatic nitrogens is 2. The lowest BCUT2D eigenvalue weighted by Gasteiger charge is -2.08. The maximum absolute atomic E-state index is 6.59. The molecule has 0 N–H and O–H groups in total. The van der Waals surface area contributed by atoms with Gasteiger partial charge in [-0.3, -0.25) is 0 Å². The largest absolute Gasteiger partial charge is 0.455 e. The van der Waals surface area contributed by atoms with Crippen molar-refractivity contribution >= 4 is 119 Å². The molecule has 0 aliphatic carbocycles. The predicted molar refractivity (Wildman–Crippen MR) is 273 cm³/mol. The topological polar surface area (TPSA) is 36.1 Å². The molecule has 0 amide bonds. The number of nitrogens with zero attached hydrogens (tertiary/aromatic N) is 2. The van der Waals surface area contributed by atoms with Crippen LogP contribution in [0.5, 0.6) is 0 Å². The van der Waals surface area contributed by atoms with Gasteiger partial charge >= 0.3 is 0 Å². The first-order valence-electron chi connectivity index (χ1n) is 22.1. The molecule has 4 nitrogen and oxygen atoms in total. The number of hydrogen-bond donors (Lipinski definition) is 0. The highest BCUT2D eigenvalue weighted by Gasteiger charge is 2.23. The lowest BCUT2D eigenvalue weighted by molar-refractivity contribution is 0.669. The maximum Gasteiger partial charge on any atom is 0.143 e. The monoisotopic (exact) mass is 846 g/mol. The summed E-state index contributed by atoms with van der Waals surface area (Å²) in [7, 11) is 0. The standard InChI is InChI=1S/C60H34N2O2S/c1-3-13-37(14-4-1)61-49-29-25-35(39-19-11-21-43-41-17-7-9-23-53(41)63-57(39)43)33-47(49)55-51(61)31-27-45-46-28-32-52-56(60(46)65-59(45)55)48-34-36(26-30-50(48)62(52)38-15-5-2-6-16-38)40-20-12-22-44-42-18-8-10-24-54(42)64-58(40)44/h1-34H. The van der Waals surface area contributed by atoms with Crippen LogP contribution in [0.1, 0.15) is 0 Å². The lowest BCUT2D eigenvalue weighted by Crippen LogP contribution is -1.93. The number of para-hydroxylation sites is 6. The number of hydrogen-bond acceptors (Lipinski definition) is 3. The van der Waals surface area contributed by atoms with E-state index in [-0.39, 0.29) is 0 Å². The fraction of sp³-hybridized carbons (Fsp3) is 0. The second-order valence-corrected chi connectivity index (χ2v) is 18.2. The van der Waals surface area contributed by atoms with Crippen molar-refractivity contribution in [3.8, 4) is 33.6 Å². The van der Waals surface area contributed by atoms with E-state index < -0.39 is 0 Å². The van der Waals surface area contributed by atoms with Crippen LogP contribution in [-0.4, -0.2) is 9.13 Å². The predicted octanol–water partition coefficient (Wildman–Crippen LogP) is 17.4. The van der Waals surface area contributed by atoms with Gasteiger partial charge in [0.2, 0.25) is 0 Å². The van der Waals surface area contributed by atoms with Gasteiger partial charge in [-0.25, -0.2) is 0 Å². The Balaban J connectivity index is 1.04. The van der Waals surface area contributed by atoms with Gasteiger partial charge in [0, 0.05) is 85.8 Å². The molecule has 0 aliphatic rings. The van der Waals surface area contributed by atoms with E-state index in [1.54, 1.807) is 0 Å². The molecule has 15 aromatic rings. The molecule has 5 aromatic heterocycles. The second kappa shape index (κ2) is 13.1. The zero-order valence-corrected chi connectivity index (χ0v) is 35.6. The van der Waals surface area contributed by atoms with Crippen molar-refractivity contribution < 1.29 is 8.83 Å². The van der Waals surface area contributed by atoms with Crippen molar-refractivity contribution in [2.24, 2.45) is 0 Å². The Labute approximate surface area is 375 Å². The lowest BCUT2D eigenvalue weighted by atomic mass is 9.99. The molecule has 0 spiro atoms. The highest BCUT2D eigenvalue weighted by molar-refractivity contribution is 7.27. The van der Waals surface area contributed by atoms with Crippen molar-refractivity contribution in [1.29, 1.82) is 0 Å². The summed E-state index contributed by atoms with van der Waals surface area (Å²) in [5, 5.41) is 12.0. The first kappa shape index (κ1) is 35.1. The molecule has 0 saturated carbocycles. The second-order valence-electron chi connectivity index (χ2n) is 17.1. The summed E-state index contributed by atoms with van der Waals surface area (Å²) >= 11 is 1.92. The summed E-state index contributed by atoms with van der Waals surface area (Å²) in [6.45, 7) is 0. The molecule has 0 fully saturated rings. The van der Waals surface area contributed by atoms with Crippen LogP contribution in [0.4, 0.5) is 0 Å². The molecule has 0 saturated heterocycles. The molecule has 5 heterocycles. The Morgan fingerprint density at radius 2 is 0.723 bits per heavy atom. The van der Waals surface area contributed by atoms with Crippen LogP contribution in [0.15, 0.2) is 215 Å². The van der Waals surface area contributed by atoms with Crippen LogP contribution in [0.2, 0.25) is 0 Å². The number of benzene rings is 10. The van der Waals surface area contributed by atoms with E-state index >= 15 is 0 Å². The molecule has 0 unspecified atom stereocenters. The van der Waals surface area contributed by atoms with E-state index in [2.05, 4.69) is 203 Å². The molecule has 0 bridgehead atoms. The Morgan fingerprint density at radius 3 is 1.20 bits per heavy atom. The first-order chi connectivity index (χ1) is 32.2. The van der Waals surface area contributed by atoms with E-state index in [9.17, 15) is 0 Å². The highest BCUT2D eigenvalue weighted by Crippen LogP contribution is 2.49. The van der Waals surface area contributed by atoms with Crippen molar-refractivity contribution in [3.63, 3.8) is 0 Å².